The molecule has 0 aliphatic carbocycles. The van der Waals surface area contributed by atoms with Crippen molar-refractivity contribution < 1.29 is 0 Å². The number of para-hydroxylation sites is 1. The number of hydrogen-bond acceptors (Lipinski definition) is 3. The van der Waals surface area contributed by atoms with Crippen LogP contribution in [-0.4, -0.2) is 19.5 Å². The number of hydrogen-bond donors (Lipinski definition) is 0. The normalized spacial score (nSPS) is 11.2. The largest absolute Gasteiger partial charge is 0.278 e. The van der Waals surface area contributed by atoms with E-state index in [-0.39, 0.29) is 0 Å². The van der Waals surface area contributed by atoms with E-state index in [2.05, 4.69) is 52.0 Å². The number of benzene rings is 2. The Morgan fingerprint density at radius 2 is 1.32 bits per heavy atom. The van der Waals surface area contributed by atoms with Gasteiger partial charge in [-0.15, -0.1) is 0 Å². The number of nitrogens with zero attached hydrogens (tertiary/aromatic N) is 4. The number of aromatic nitrogens is 4. The Labute approximate surface area is 179 Å². The lowest BCUT2D eigenvalue weighted by atomic mass is 10.1. The summed E-state index contributed by atoms with van der Waals surface area (Å²) in [6.45, 7) is 0. The molecule has 6 rings (SSSR count). The molecule has 4 heteroatoms. The Morgan fingerprint density at radius 3 is 2.19 bits per heavy atom. The van der Waals surface area contributed by atoms with Gasteiger partial charge in [0.15, 0.2) is 0 Å². The average molecular weight is 398 g/mol. The Morgan fingerprint density at radius 1 is 0.516 bits per heavy atom. The van der Waals surface area contributed by atoms with Gasteiger partial charge in [0.1, 0.15) is 11.5 Å². The van der Waals surface area contributed by atoms with Crippen LogP contribution in [0.4, 0.5) is 0 Å². The second-order valence-electron chi connectivity index (χ2n) is 7.38. The first kappa shape index (κ1) is 17.5. The number of pyridine rings is 3. The Bertz CT molecular complexity index is 1520. The van der Waals surface area contributed by atoms with Crippen LogP contribution >= 0.6 is 0 Å². The van der Waals surface area contributed by atoms with E-state index < -0.39 is 0 Å². The van der Waals surface area contributed by atoms with Gasteiger partial charge in [-0.05, 0) is 42.5 Å². The number of fused-ring (bicyclic) bond motifs is 3. The second kappa shape index (κ2) is 7.18. The van der Waals surface area contributed by atoms with Crippen molar-refractivity contribution in [3.05, 3.63) is 109 Å². The van der Waals surface area contributed by atoms with Crippen LogP contribution in [0.2, 0.25) is 0 Å². The van der Waals surface area contributed by atoms with Gasteiger partial charge < -0.3 is 0 Å². The van der Waals surface area contributed by atoms with E-state index in [0.717, 1.165) is 50.4 Å². The molecular formula is C27H18N4. The highest BCUT2D eigenvalue weighted by Crippen LogP contribution is 2.32. The van der Waals surface area contributed by atoms with Crippen molar-refractivity contribution in [1.29, 1.82) is 0 Å². The van der Waals surface area contributed by atoms with E-state index in [9.17, 15) is 0 Å². The van der Waals surface area contributed by atoms with E-state index in [1.807, 2.05) is 60.7 Å². The van der Waals surface area contributed by atoms with E-state index in [4.69, 9.17) is 9.97 Å². The molecule has 0 aliphatic heterocycles. The zero-order valence-electron chi connectivity index (χ0n) is 16.7. The fraction of sp³-hybridized carbons (Fsp3) is 0. The summed E-state index contributed by atoms with van der Waals surface area (Å²) in [5.41, 5.74) is 5.68. The molecule has 0 unspecified atom stereocenters. The molecule has 0 spiro atoms. The quantitative estimate of drug-likeness (QED) is 0.351. The van der Waals surface area contributed by atoms with Crippen molar-refractivity contribution in [2.75, 3.05) is 0 Å². The van der Waals surface area contributed by atoms with Crippen molar-refractivity contribution in [3.8, 4) is 28.5 Å². The minimum absolute atomic E-state index is 0.844. The maximum Gasteiger partial charge on any atom is 0.147 e. The van der Waals surface area contributed by atoms with Crippen LogP contribution in [0.5, 0.6) is 0 Å². The Balaban J connectivity index is 1.63. The van der Waals surface area contributed by atoms with Crippen LogP contribution in [0.3, 0.4) is 0 Å². The Kier molecular flexibility index (Phi) is 4.06. The smallest absolute Gasteiger partial charge is 0.147 e. The predicted molar refractivity (Wildman–Crippen MR) is 125 cm³/mol. The lowest BCUT2D eigenvalue weighted by molar-refractivity contribution is 1.06. The maximum atomic E-state index is 5.02. The Hall–Kier alpha value is -4.31. The monoisotopic (exact) mass is 398 g/mol. The third kappa shape index (κ3) is 2.97. The van der Waals surface area contributed by atoms with Gasteiger partial charge in [-0.3, -0.25) is 9.55 Å². The fourth-order valence-electron chi connectivity index (χ4n) is 4.05. The molecular weight excluding hydrogens is 380 g/mol. The molecule has 0 saturated carbocycles. The van der Waals surface area contributed by atoms with Gasteiger partial charge in [0.2, 0.25) is 0 Å². The molecule has 4 nitrogen and oxygen atoms in total. The highest BCUT2D eigenvalue weighted by Gasteiger charge is 2.15. The SMILES string of the molecule is c1ccc(-c2cccc(-n3c4ccccc4c4ccc(-c5ccccn5)nc43)n2)cc1. The second-order valence-corrected chi connectivity index (χ2v) is 7.38. The minimum atomic E-state index is 0.844. The summed E-state index contributed by atoms with van der Waals surface area (Å²) < 4.78 is 2.14. The van der Waals surface area contributed by atoms with Gasteiger partial charge in [-0.2, -0.15) is 0 Å². The lowest BCUT2D eigenvalue weighted by Crippen LogP contribution is -2.00. The third-order valence-corrected chi connectivity index (χ3v) is 5.48. The van der Waals surface area contributed by atoms with Crippen LogP contribution in [0.15, 0.2) is 109 Å². The van der Waals surface area contributed by atoms with Gasteiger partial charge in [-0.1, -0.05) is 60.7 Å². The highest BCUT2D eigenvalue weighted by molar-refractivity contribution is 6.08. The zero-order chi connectivity index (χ0) is 20.6. The molecule has 0 aliphatic rings. The standard InChI is InChI=1S/C27H18N4/c1-2-9-19(10-3-1)22-13-8-15-26(29-22)31-25-14-5-4-11-20(25)21-16-17-24(30-27(21)31)23-12-6-7-18-28-23/h1-18H. The van der Waals surface area contributed by atoms with Gasteiger partial charge in [0.25, 0.3) is 0 Å². The molecule has 0 fully saturated rings. The topological polar surface area (TPSA) is 43.6 Å². The maximum absolute atomic E-state index is 5.02. The van der Waals surface area contributed by atoms with Crippen molar-refractivity contribution in [2.24, 2.45) is 0 Å². The molecule has 0 amide bonds. The van der Waals surface area contributed by atoms with Crippen LogP contribution in [0.25, 0.3) is 50.4 Å². The molecule has 0 saturated heterocycles. The molecule has 2 aromatic carbocycles. The lowest BCUT2D eigenvalue weighted by Gasteiger charge is -2.09. The summed E-state index contributed by atoms with van der Waals surface area (Å²) in [7, 11) is 0. The van der Waals surface area contributed by atoms with Gasteiger partial charge >= 0.3 is 0 Å². The van der Waals surface area contributed by atoms with Crippen molar-refractivity contribution in [1.82, 2.24) is 19.5 Å². The van der Waals surface area contributed by atoms with Crippen molar-refractivity contribution in [3.63, 3.8) is 0 Å². The van der Waals surface area contributed by atoms with Crippen LogP contribution in [-0.2, 0) is 0 Å². The van der Waals surface area contributed by atoms with E-state index in [0.29, 0.717) is 0 Å². The third-order valence-electron chi connectivity index (χ3n) is 5.48. The molecule has 146 valence electrons. The van der Waals surface area contributed by atoms with E-state index in [1.165, 1.54) is 0 Å². The fourth-order valence-corrected chi connectivity index (χ4v) is 4.05. The predicted octanol–water partition coefficient (Wildman–Crippen LogP) is 6.30. The summed E-state index contributed by atoms with van der Waals surface area (Å²) >= 11 is 0. The van der Waals surface area contributed by atoms with Gasteiger partial charge in [-0.25, -0.2) is 9.97 Å². The molecule has 0 N–H and O–H groups in total. The summed E-state index contributed by atoms with van der Waals surface area (Å²) in [5, 5.41) is 2.26. The van der Waals surface area contributed by atoms with Crippen molar-refractivity contribution in [2.45, 2.75) is 0 Å². The number of rotatable bonds is 3. The average Bonchev–Trinajstić information content (AvgIpc) is 3.19. The molecule has 4 aromatic heterocycles. The summed E-state index contributed by atoms with van der Waals surface area (Å²) in [6.07, 6.45) is 1.79. The van der Waals surface area contributed by atoms with Gasteiger partial charge in [0.05, 0.1) is 22.6 Å². The highest BCUT2D eigenvalue weighted by atomic mass is 15.1. The van der Waals surface area contributed by atoms with Crippen LogP contribution in [0, 0.1) is 0 Å². The first-order valence-corrected chi connectivity index (χ1v) is 10.2. The van der Waals surface area contributed by atoms with E-state index in [1.54, 1.807) is 6.20 Å². The minimum Gasteiger partial charge on any atom is -0.278 e. The summed E-state index contributed by atoms with van der Waals surface area (Å²) in [6, 6.07) is 34.8. The molecule has 0 radical (unpaired) electrons. The van der Waals surface area contributed by atoms with Gasteiger partial charge in [0, 0.05) is 22.5 Å². The molecule has 4 heterocycles. The zero-order valence-corrected chi connectivity index (χ0v) is 16.7. The molecule has 31 heavy (non-hydrogen) atoms. The molecule has 6 aromatic rings. The summed E-state index contributed by atoms with van der Waals surface area (Å²) in [5.74, 6) is 0.846. The first-order valence-electron chi connectivity index (χ1n) is 10.2. The van der Waals surface area contributed by atoms with Crippen molar-refractivity contribution >= 4 is 21.9 Å². The van der Waals surface area contributed by atoms with Crippen LogP contribution in [0.1, 0.15) is 0 Å². The van der Waals surface area contributed by atoms with Crippen LogP contribution < -0.4 is 0 Å². The first-order chi connectivity index (χ1) is 15.4. The van der Waals surface area contributed by atoms with E-state index >= 15 is 0 Å². The molecule has 0 bridgehead atoms. The summed E-state index contributed by atoms with van der Waals surface area (Å²) in [4.78, 5) is 14.5. The molecule has 0 atom stereocenters.